The Balaban J connectivity index is 1.56. The number of rotatable bonds is 2. The van der Waals surface area contributed by atoms with Crippen LogP contribution in [0.3, 0.4) is 0 Å². The van der Waals surface area contributed by atoms with E-state index in [4.69, 9.17) is 9.47 Å². The molecule has 1 aromatic heterocycles. The van der Waals surface area contributed by atoms with E-state index in [2.05, 4.69) is 9.97 Å². The van der Waals surface area contributed by atoms with Gasteiger partial charge in [-0.25, -0.2) is 14.8 Å². The summed E-state index contributed by atoms with van der Waals surface area (Å²) in [5, 5.41) is 0. The van der Waals surface area contributed by atoms with Crippen molar-refractivity contribution in [3.8, 4) is 6.01 Å². The van der Waals surface area contributed by atoms with Crippen molar-refractivity contribution in [2.45, 2.75) is 18.9 Å². The molecule has 0 N–H and O–H groups in total. The molecule has 0 aromatic carbocycles. The minimum Gasteiger partial charge on any atom is -0.458 e. The monoisotopic (exact) mass is 292 g/mol. The number of carbonyl (C=O) groups is 1. The number of urea groups is 1. The molecule has 0 bridgehead atoms. The van der Waals surface area contributed by atoms with Gasteiger partial charge in [0.15, 0.2) is 0 Å². The third-order valence-corrected chi connectivity index (χ3v) is 3.74. The second-order valence-electron chi connectivity index (χ2n) is 5.24. The first-order valence-corrected chi connectivity index (χ1v) is 7.38. The van der Waals surface area contributed by atoms with Crippen LogP contribution >= 0.6 is 0 Å². The Bertz CT molecular complexity index is 465. The Hall–Kier alpha value is -1.89. The highest BCUT2D eigenvalue weighted by Gasteiger charge is 2.29. The number of nitrogens with zero attached hydrogens (tertiary/aromatic N) is 4. The largest absolute Gasteiger partial charge is 0.458 e. The van der Waals surface area contributed by atoms with Gasteiger partial charge in [0, 0.05) is 32.0 Å². The molecule has 0 radical (unpaired) electrons. The van der Waals surface area contributed by atoms with Crippen molar-refractivity contribution in [3.05, 3.63) is 18.5 Å². The summed E-state index contributed by atoms with van der Waals surface area (Å²) in [5.74, 6) is 0. The van der Waals surface area contributed by atoms with Gasteiger partial charge in [-0.15, -0.1) is 0 Å². The fraction of sp³-hybridized carbons (Fsp3) is 0.643. The Morgan fingerprint density at radius 2 is 1.95 bits per heavy atom. The second-order valence-corrected chi connectivity index (χ2v) is 5.24. The van der Waals surface area contributed by atoms with Crippen molar-refractivity contribution < 1.29 is 14.3 Å². The third kappa shape index (κ3) is 3.60. The molecule has 2 aliphatic rings. The van der Waals surface area contributed by atoms with Crippen LogP contribution in [0.4, 0.5) is 4.79 Å². The van der Waals surface area contributed by atoms with E-state index in [0.717, 1.165) is 19.4 Å². The Kier molecular flexibility index (Phi) is 4.49. The molecule has 1 unspecified atom stereocenters. The minimum atomic E-state index is -0.0360. The predicted molar refractivity (Wildman–Crippen MR) is 75.0 cm³/mol. The number of piperidine rings is 1. The van der Waals surface area contributed by atoms with Crippen molar-refractivity contribution in [2.75, 3.05) is 39.4 Å². The third-order valence-electron chi connectivity index (χ3n) is 3.74. The van der Waals surface area contributed by atoms with Gasteiger partial charge < -0.3 is 19.3 Å². The summed E-state index contributed by atoms with van der Waals surface area (Å²) < 4.78 is 11.0. The number of likely N-dealkylation sites (tertiary alicyclic amines) is 1. The predicted octanol–water partition coefficient (Wildman–Crippen LogP) is 0.772. The molecule has 2 fully saturated rings. The first-order chi connectivity index (χ1) is 10.3. The number of aromatic nitrogens is 2. The SMILES string of the molecule is O=C(N1CCOCC1)N1CCCC(Oc2ncccn2)C1. The molecular weight excluding hydrogens is 272 g/mol. The van der Waals surface area contributed by atoms with Crippen LogP contribution in [-0.4, -0.2) is 71.3 Å². The van der Waals surface area contributed by atoms with Crippen LogP contribution in [0.2, 0.25) is 0 Å². The Morgan fingerprint density at radius 3 is 2.71 bits per heavy atom. The number of hydrogen-bond donors (Lipinski definition) is 0. The lowest BCUT2D eigenvalue weighted by Crippen LogP contribution is -2.52. The summed E-state index contributed by atoms with van der Waals surface area (Å²) in [6, 6.07) is 2.21. The molecule has 1 atom stereocenters. The maximum absolute atomic E-state index is 12.5. The molecule has 2 aliphatic heterocycles. The zero-order valence-corrected chi connectivity index (χ0v) is 12.0. The van der Waals surface area contributed by atoms with E-state index in [0.29, 0.717) is 38.9 Å². The lowest BCUT2D eigenvalue weighted by Gasteiger charge is -2.37. The van der Waals surface area contributed by atoms with Gasteiger partial charge in [0.05, 0.1) is 19.8 Å². The lowest BCUT2D eigenvalue weighted by atomic mass is 10.1. The molecule has 114 valence electrons. The number of amides is 2. The van der Waals surface area contributed by atoms with E-state index >= 15 is 0 Å². The van der Waals surface area contributed by atoms with Crippen LogP contribution in [0.15, 0.2) is 18.5 Å². The topological polar surface area (TPSA) is 67.8 Å². The van der Waals surface area contributed by atoms with E-state index in [1.807, 2.05) is 9.80 Å². The van der Waals surface area contributed by atoms with E-state index in [-0.39, 0.29) is 12.1 Å². The lowest BCUT2D eigenvalue weighted by molar-refractivity contribution is 0.0320. The normalized spacial score (nSPS) is 23.0. The van der Waals surface area contributed by atoms with Crippen molar-refractivity contribution in [3.63, 3.8) is 0 Å². The summed E-state index contributed by atoms with van der Waals surface area (Å²) in [7, 11) is 0. The smallest absolute Gasteiger partial charge is 0.320 e. The maximum Gasteiger partial charge on any atom is 0.320 e. The number of ether oxygens (including phenoxy) is 2. The van der Waals surface area contributed by atoms with Gasteiger partial charge in [0.25, 0.3) is 0 Å². The number of morpholine rings is 1. The standard InChI is InChI=1S/C14H20N4O3/c19-14(17-7-9-20-10-8-17)18-6-1-3-12(11-18)21-13-15-4-2-5-16-13/h2,4-5,12H,1,3,6-11H2. The molecule has 3 rings (SSSR count). The first-order valence-electron chi connectivity index (χ1n) is 7.38. The average molecular weight is 292 g/mol. The molecule has 0 saturated carbocycles. The highest BCUT2D eigenvalue weighted by Crippen LogP contribution is 2.16. The summed E-state index contributed by atoms with van der Waals surface area (Å²) in [6.45, 7) is 3.96. The molecular formula is C14H20N4O3. The summed E-state index contributed by atoms with van der Waals surface area (Å²) in [6.07, 6.45) is 5.13. The molecule has 2 saturated heterocycles. The van der Waals surface area contributed by atoms with E-state index in [1.54, 1.807) is 18.5 Å². The van der Waals surface area contributed by atoms with Crippen LogP contribution in [0.25, 0.3) is 0 Å². The van der Waals surface area contributed by atoms with E-state index < -0.39 is 0 Å². The fourth-order valence-electron chi connectivity index (χ4n) is 2.66. The number of carbonyl (C=O) groups excluding carboxylic acids is 1. The van der Waals surface area contributed by atoms with Crippen LogP contribution in [0.5, 0.6) is 6.01 Å². The van der Waals surface area contributed by atoms with E-state index in [1.165, 1.54) is 0 Å². The van der Waals surface area contributed by atoms with Crippen molar-refractivity contribution in [2.24, 2.45) is 0 Å². The second kappa shape index (κ2) is 6.71. The van der Waals surface area contributed by atoms with Crippen LogP contribution in [0, 0.1) is 0 Å². The van der Waals surface area contributed by atoms with Gasteiger partial charge in [-0.05, 0) is 18.9 Å². The van der Waals surface area contributed by atoms with Crippen molar-refractivity contribution in [1.82, 2.24) is 19.8 Å². The molecule has 3 heterocycles. The maximum atomic E-state index is 12.5. The van der Waals surface area contributed by atoms with Gasteiger partial charge in [0.2, 0.25) is 0 Å². The summed E-state index contributed by atoms with van der Waals surface area (Å²) >= 11 is 0. The summed E-state index contributed by atoms with van der Waals surface area (Å²) in [4.78, 5) is 24.3. The quantitative estimate of drug-likeness (QED) is 0.805. The zero-order valence-electron chi connectivity index (χ0n) is 12.0. The van der Waals surface area contributed by atoms with Gasteiger partial charge >= 0.3 is 12.0 Å². The Labute approximate surface area is 123 Å². The highest BCUT2D eigenvalue weighted by atomic mass is 16.5. The average Bonchev–Trinajstić information content (AvgIpc) is 2.56. The molecule has 21 heavy (non-hydrogen) atoms. The minimum absolute atomic E-state index is 0.0360. The van der Waals surface area contributed by atoms with E-state index in [9.17, 15) is 4.79 Å². The van der Waals surface area contributed by atoms with Crippen molar-refractivity contribution >= 4 is 6.03 Å². The van der Waals surface area contributed by atoms with Gasteiger partial charge in [-0.3, -0.25) is 0 Å². The summed E-state index contributed by atoms with van der Waals surface area (Å²) in [5.41, 5.74) is 0. The molecule has 0 spiro atoms. The van der Waals surface area contributed by atoms with Crippen molar-refractivity contribution in [1.29, 1.82) is 0 Å². The first kappa shape index (κ1) is 14.1. The van der Waals surface area contributed by atoms with Gasteiger partial charge in [0.1, 0.15) is 6.10 Å². The van der Waals surface area contributed by atoms with Gasteiger partial charge in [-0.1, -0.05) is 0 Å². The Morgan fingerprint density at radius 1 is 1.19 bits per heavy atom. The molecule has 7 heteroatoms. The zero-order chi connectivity index (χ0) is 14.5. The molecule has 0 aliphatic carbocycles. The number of hydrogen-bond acceptors (Lipinski definition) is 5. The molecule has 1 aromatic rings. The van der Waals surface area contributed by atoms with Crippen LogP contribution in [-0.2, 0) is 4.74 Å². The van der Waals surface area contributed by atoms with Gasteiger partial charge in [-0.2, -0.15) is 0 Å². The fourth-order valence-corrected chi connectivity index (χ4v) is 2.66. The highest BCUT2D eigenvalue weighted by molar-refractivity contribution is 5.74. The molecule has 7 nitrogen and oxygen atoms in total. The molecule has 2 amide bonds. The van der Waals surface area contributed by atoms with Crippen LogP contribution < -0.4 is 4.74 Å². The van der Waals surface area contributed by atoms with Crippen LogP contribution in [0.1, 0.15) is 12.8 Å².